The molecule has 0 unspecified atom stereocenters. The van der Waals surface area contributed by atoms with Gasteiger partial charge in [0.15, 0.2) is 9.84 Å². The summed E-state index contributed by atoms with van der Waals surface area (Å²) in [6.07, 6.45) is 1.19. The third-order valence-corrected chi connectivity index (χ3v) is 4.94. The molecule has 0 bridgehead atoms. The third kappa shape index (κ3) is 4.45. The molecule has 0 radical (unpaired) electrons. The molecule has 1 aromatic heterocycles. The van der Waals surface area contributed by atoms with Gasteiger partial charge in [-0.2, -0.15) is 0 Å². The van der Waals surface area contributed by atoms with Gasteiger partial charge in [-0.25, -0.2) is 13.4 Å². The molecule has 0 fully saturated rings. The summed E-state index contributed by atoms with van der Waals surface area (Å²) in [7, 11) is -3.20. The molecule has 1 heterocycles. The summed E-state index contributed by atoms with van der Waals surface area (Å²) in [4.78, 5) is 4.79. The first-order chi connectivity index (χ1) is 11.9. The highest BCUT2D eigenvalue weighted by Crippen LogP contribution is 2.22. The van der Waals surface area contributed by atoms with Crippen LogP contribution in [0.25, 0.3) is 11.3 Å². The molecule has 5 heteroatoms. The SMILES string of the molecule is Cc1ccc(COc2cccc(-c3ccc(S(C)(=O)=O)cc3)n2)cc1. The molecule has 0 saturated heterocycles. The van der Waals surface area contributed by atoms with E-state index >= 15 is 0 Å². The Bertz CT molecular complexity index is 963. The molecule has 128 valence electrons. The Morgan fingerprint density at radius 1 is 0.920 bits per heavy atom. The average Bonchev–Trinajstić information content (AvgIpc) is 2.61. The summed E-state index contributed by atoms with van der Waals surface area (Å²) in [6.45, 7) is 2.49. The largest absolute Gasteiger partial charge is 0.473 e. The fourth-order valence-corrected chi connectivity index (χ4v) is 3.00. The Kier molecular flexibility index (Phi) is 4.86. The Morgan fingerprint density at radius 3 is 2.24 bits per heavy atom. The van der Waals surface area contributed by atoms with E-state index in [1.165, 1.54) is 11.8 Å². The van der Waals surface area contributed by atoms with E-state index in [4.69, 9.17) is 4.74 Å². The van der Waals surface area contributed by atoms with Crippen molar-refractivity contribution >= 4 is 9.84 Å². The number of rotatable bonds is 5. The van der Waals surface area contributed by atoms with Crippen LogP contribution in [0.3, 0.4) is 0 Å². The van der Waals surface area contributed by atoms with Crippen LogP contribution in [-0.2, 0) is 16.4 Å². The van der Waals surface area contributed by atoms with Crippen molar-refractivity contribution in [2.24, 2.45) is 0 Å². The number of nitrogens with zero attached hydrogens (tertiary/aromatic N) is 1. The molecule has 0 N–H and O–H groups in total. The van der Waals surface area contributed by atoms with Gasteiger partial charge in [0.1, 0.15) is 6.61 Å². The second-order valence-electron chi connectivity index (χ2n) is 5.93. The molecule has 0 atom stereocenters. The minimum Gasteiger partial charge on any atom is -0.473 e. The zero-order chi connectivity index (χ0) is 17.9. The minimum absolute atomic E-state index is 0.294. The van der Waals surface area contributed by atoms with E-state index in [0.29, 0.717) is 17.4 Å². The molecule has 0 aliphatic rings. The smallest absolute Gasteiger partial charge is 0.214 e. The van der Waals surface area contributed by atoms with E-state index in [9.17, 15) is 8.42 Å². The van der Waals surface area contributed by atoms with Crippen LogP contribution in [0.15, 0.2) is 71.6 Å². The molecule has 0 saturated carbocycles. The number of ether oxygens (including phenoxy) is 1. The lowest BCUT2D eigenvalue weighted by molar-refractivity contribution is 0.294. The first kappa shape index (κ1) is 17.2. The molecule has 4 nitrogen and oxygen atoms in total. The van der Waals surface area contributed by atoms with E-state index in [1.807, 2.05) is 49.4 Å². The number of sulfone groups is 1. The number of hydrogen-bond acceptors (Lipinski definition) is 4. The van der Waals surface area contributed by atoms with Gasteiger partial charge in [-0.1, -0.05) is 48.0 Å². The van der Waals surface area contributed by atoms with Crippen molar-refractivity contribution in [3.63, 3.8) is 0 Å². The van der Waals surface area contributed by atoms with E-state index in [2.05, 4.69) is 4.98 Å². The molecule has 2 aromatic carbocycles. The Labute approximate surface area is 148 Å². The van der Waals surface area contributed by atoms with Crippen molar-refractivity contribution in [1.29, 1.82) is 0 Å². The highest BCUT2D eigenvalue weighted by molar-refractivity contribution is 7.90. The summed E-state index contributed by atoms with van der Waals surface area (Å²) in [5.74, 6) is 0.533. The van der Waals surface area contributed by atoms with Crippen molar-refractivity contribution in [3.8, 4) is 17.1 Å². The normalized spacial score (nSPS) is 11.3. The predicted octanol–water partition coefficient (Wildman–Crippen LogP) is 4.04. The average molecular weight is 353 g/mol. The van der Waals surface area contributed by atoms with E-state index < -0.39 is 9.84 Å². The van der Waals surface area contributed by atoms with Crippen molar-refractivity contribution in [3.05, 3.63) is 77.9 Å². The van der Waals surface area contributed by atoms with Crippen LogP contribution in [0, 0.1) is 6.92 Å². The van der Waals surface area contributed by atoms with Gasteiger partial charge in [-0.3, -0.25) is 0 Å². The van der Waals surface area contributed by atoms with Gasteiger partial charge in [-0.15, -0.1) is 0 Å². The molecular weight excluding hydrogens is 334 g/mol. The topological polar surface area (TPSA) is 56.3 Å². The van der Waals surface area contributed by atoms with Crippen LogP contribution in [0.4, 0.5) is 0 Å². The van der Waals surface area contributed by atoms with Crippen LogP contribution in [0.2, 0.25) is 0 Å². The molecule has 25 heavy (non-hydrogen) atoms. The molecule has 3 aromatic rings. The summed E-state index contributed by atoms with van der Waals surface area (Å²) >= 11 is 0. The lowest BCUT2D eigenvalue weighted by atomic mass is 10.1. The van der Waals surface area contributed by atoms with Gasteiger partial charge in [0, 0.05) is 17.9 Å². The molecule has 0 spiro atoms. The summed E-state index contributed by atoms with van der Waals surface area (Å²) in [6, 6.07) is 20.4. The van der Waals surface area contributed by atoms with Crippen LogP contribution >= 0.6 is 0 Å². The number of aromatic nitrogens is 1. The second kappa shape index (κ2) is 7.07. The number of hydrogen-bond donors (Lipinski definition) is 0. The van der Waals surface area contributed by atoms with Crippen molar-refractivity contribution in [2.75, 3.05) is 6.26 Å². The fourth-order valence-electron chi connectivity index (χ4n) is 2.37. The number of pyridine rings is 1. The van der Waals surface area contributed by atoms with Crippen molar-refractivity contribution in [1.82, 2.24) is 4.98 Å². The number of benzene rings is 2. The quantitative estimate of drug-likeness (QED) is 0.695. The minimum atomic E-state index is -3.20. The molecule has 0 aliphatic carbocycles. The first-order valence-electron chi connectivity index (χ1n) is 7.88. The summed E-state index contributed by atoms with van der Waals surface area (Å²) in [5.41, 5.74) is 3.87. The lowest BCUT2D eigenvalue weighted by Gasteiger charge is -2.08. The van der Waals surface area contributed by atoms with Gasteiger partial charge in [0.25, 0.3) is 0 Å². The van der Waals surface area contributed by atoms with Crippen LogP contribution in [0.5, 0.6) is 5.88 Å². The standard InChI is InChI=1S/C20H19NO3S/c1-15-6-8-16(9-7-15)14-24-20-5-3-4-19(21-20)17-10-12-18(13-11-17)25(2,22)23/h3-13H,14H2,1-2H3. The molecule has 0 aliphatic heterocycles. The van der Waals surface area contributed by atoms with Crippen molar-refractivity contribution < 1.29 is 13.2 Å². The predicted molar refractivity (Wildman–Crippen MR) is 98.3 cm³/mol. The first-order valence-corrected chi connectivity index (χ1v) is 9.77. The van der Waals surface area contributed by atoms with E-state index in [1.54, 1.807) is 24.3 Å². The zero-order valence-electron chi connectivity index (χ0n) is 14.1. The zero-order valence-corrected chi connectivity index (χ0v) is 15.0. The van der Waals surface area contributed by atoms with Crippen LogP contribution in [-0.4, -0.2) is 19.7 Å². The maximum atomic E-state index is 11.5. The Balaban J connectivity index is 1.76. The van der Waals surface area contributed by atoms with Gasteiger partial charge in [0.05, 0.1) is 10.6 Å². The maximum absolute atomic E-state index is 11.5. The Hall–Kier alpha value is -2.66. The third-order valence-electron chi connectivity index (χ3n) is 3.81. The maximum Gasteiger partial charge on any atom is 0.214 e. The molecule has 0 amide bonds. The van der Waals surface area contributed by atoms with Crippen molar-refractivity contribution in [2.45, 2.75) is 18.4 Å². The second-order valence-corrected chi connectivity index (χ2v) is 7.95. The fraction of sp³-hybridized carbons (Fsp3) is 0.150. The van der Waals surface area contributed by atoms with Gasteiger partial charge < -0.3 is 4.74 Å². The molecular formula is C20H19NO3S. The summed E-state index contributed by atoms with van der Waals surface area (Å²) in [5, 5.41) is 0. The van der Waals surface area contributed by atoms with Crippen LogP contribution in [0.1, 0.15) is 11.1 Å². The van der Waals surface area contributed by atoms with Gasteiger partial charge in [-0.05, 0) is 30.7 Å². The highest BCUT2D eigenvalue weighted by atomic mass is 32.2. The lowest BCUT2D eigenvalue weighted by Crippen LogP contribution is -1.98. The van der Waals surface area contributed by atoms with Crippen LogP contribution < -0.4 is 4.74 Å². The number of aryl methyl sites for hydroxylation is 1. The Morgan fingerprint density at radius 2 is 1.60 bits per heavy atom. The van der Waals surface area contributed by atoms with E-state index in [0.717, 1.165) is 16.8 Å². The van der Waals surface area contributed by atoms with Gasteiger partial charge in [0.2, 0.25) is 5.88 Å². The monoisotopic (exact) mass is 353 g/mol. The highest BCUT2D eigenvalue weighted by Gasteiger charge is 2.08. The van der Waals surface area contributed by atoms with E-state index in [-0.39, 0.29) is 0 Å². The van der Waals surface area contributed by atoms with Gasteiger partial charge >= 0.3 is 0 Å². The molecule has 3 rings (SSSR count). The summed E-state index contributed by atoms with van der Waals surface area (Å²) < 4.78 is 28.8.